The van der Waals surface area contributed by atoms with Crippen LogP contribution in [0.4, 0.5) is 0 Å². The summed E-state index contributed by atoms with van der Waals surface area (Å²) in [5.41, 5.74) is 20.0. The minimum Gasteiger partial charge on any atom is -0.276 e. The Bertz CT molecular complexity index is 3420. The molecule has 0 aliphatic carbocycles. The van der Waals surface area contributed by atoms with Crippen LogP contribution in [-0.2, 0) is 0 Å². The molecule has 11 rings (SSSR count). The predicted molar refractivity (Wildman–Crippen MR) is 280 cm³/mol. The van der Waals surface area contributed by atoms with Gasteiger partial charge in [-0.3, -0.25) is 15.0 Å². The van der Waals surface area contributed by atoms with Crippen LogP contribution in [0.3, 0.4) is 0 Å². The molecule has 4 heterocycles. The van der Waals surface area contributed by atoms with E-state index in [2.05, 4.69) is 218 Å². The van der Waals surface area contributed by atoms with Gasteiger partial charge in [0.2, 0.25) is 0 Å². The molecule has 324 valence electrons. The number of allylic oxidation sites excluding steroid dienone is 1. The van der Waals surface area contributed by atoms with Crippen molar-refractivity contribution in [2.24, 2.45) is 10.9 Å². The number of rotatable bonds is 10. The summed E-state index contributed by atoms with van der Waals surface area (Å²) in [4.78, 5) is 25.4. The first-order chi connectivity index (χ1) is 33.6. The molecule has 0 saturated heterocycles. The molecule has 7 aromatic carbocycles. The molecule has 0 saturated carbocycles. The van der Waals surface area contributed by atoms with Crippen molar-refractivity contribution in [1.82, 2.24) is 19.9 Å². The number of aliphatic imine (C=N–C) groups is 1. The zero-order valence-corrected chi connectivity index (χ0v) is 37.9. The molecule has 0 fully saturated rings. The van der Waals surface area contributed by atoms with Gasteiger partial charge >= 0.3 is 0 Å². The van der Waals surface area contributed by atoms with Gasteiger partial charge in [0.15, 0.2) is 5.82 Å². The summed E-state index contributed by atoms with van der Waals surface area (Å²) in [6.07, 6.45) is 6.08. The van der Waals surface area contributed by atoms with E-state index in [9.17, 15) is 0 Å². The Morgan fingerprint density at radius 2 is 0.926 bits per heavy atom. The van der Waals surface area contributed by atoms with Gasteiger partial charge < -0.3 is 0 Å². The lowest BCUT2D eigenvalue weighted by Gasteiger charge is -2.31. The van der Waals surface area contributed by atoms with Crippen molar-refractivity contribution >= 4 is 11.3 Å². The average molecular weight is 874 g/mol. The fourth-order valence-electron chi connectivity index (χ4n) is 9.59. The summed E-state index contributed by atoms with van der Waals surface area (Å²) < 4.78 is 0. The fraction of sp³-hybridized carbons (Fsp3) is 0.0635. The van der Waals surface area contributed by atoms with Crippen molar-refractivity contribution in [3.63, 3.8) is 0 Å². The van der Waals surface area contributed by atoms with Gasteiger partial charge in [0.25, 0.3) is 0 Å². The fourth-order valence-corrected chi connectivity index (χ4v) is 9.59. The molecule has 10 aromatic rings. The first-order valence-electron chi connectivity index (χ1n) is 23.2. The zero-order valence-electron chi connectivity index (χ0n) is 37.9. The number of dihydropyridines is 1. The van der Waals surface area contributed by atoms with Gasteiger partial charge in [-0.1, -0.05) is 189 Å². The molecule has 5 nitrogen and oxygen atoms in total. The molecule has 0 spiro atoms. The van der Waals surface area contributed by atoms with Crippen molar-refractivity contribution in [2.45, 2.75) is 19.9 Å². The molecular weight excluding hydrogens is 827 g/mol. The molecule has 0 bridgehead atoms. The lowest BCUT2D eigenvalue weighted by molar-refractivity contribution is 0.580. The van der Waals surface area contributed by atoms with E-state index in [1.807, 2.05) is 37.5 Å². The average Bonchev–Trinajstić information content (AvgIpc) is 3.41. The molecule has 2 atom stereocenters. The van der Waals surface area contributed by atoms with Crippen LogP contribution in [0.1, 0.15) is 35.3 Å². The normalized spacial score (nSPS) is 14.5. The Hall–Kier alpha value is -8.67. The largest absolute Gasteiger partial charge is 0.276 e. The van der Waals surface area contributed by atoms with E-state index < -0.39 is 0 Å². The number of hydrogen-bond donors (Lipinski definition) is 0. The van der Waals surface area contributed by atoms with Gasteiger partial charge in [-0.05, 0) is 105 Å². The van der Waals surface area contributed by atoms with Crippen LogP contribution in [0.15, 0.2) is 242 Å². The third-order valence-corrected chi connectivity index (χ3v) is 12.9. The molecule has 2 unspecified atom stereocenters. The first kappa shape index (κ1) is 42.0. The molecule has 1 aliphatic rings. The van der Waals surface area contributed by atoms with E-state index in [4.69, 9.17) is 19.9 Å². The maximum Gasteiger partial charge on any atom is 0.160 e. The van der Waals surface area contributed by atoms with Crippen LogP contribution >= 0.6 is 0 Å². The second kappa shape index (κ2) is 18.7. The van der Waals surface area contributed by atoms with Crippen LogP contribution in [-0.4, -0.2) is 25.6 Å². The third kappa shape index (κ3) is 8.38. The third-order valence-electron chi connectivity index (χ3n) is 12.9. The summed E-state index contributed by atoms with van der Waals surface area (Å²) in [5.74, 6) is 0.689. The molecule has 0 N–H and O–H groups in total. The molecule has 68 heavy (non-hydrogen) atoms. The van der Waals surface area contributed by atoms with Crippen molar-refractivity contribution in [3.05, 3.63) is 259 Å². The van der Waals surface area contributed by atoms with E-state index >= 15 is 0 Å². The van der Waals surface area contributed by atoms with Crippen LogP contribution < -0.4 is 0 Å². The lowest BCUT2D eigenvalue weighted by atomic mass is 9.77. The van der Waals surface area contributed by atoms with Crippen LogP contribution in [0.2, 0.25) is 0 Å². The van der Waals surface area contributed by atoms with E-state index in [0.29, 0.717) is 5.82 Å². The van der Waals surface area contributed by atoms with Crippen molar-refractivity contribution in [2.75, 3.05) is 0 Å². The smallest absolute Gasteiger partial charge is 0.160 e. The highest BCUT2D eigenvalue weighted by Gasteiger charge is 2.31. The molecular formula is C63H47N5. The zero-order chi connectivity index (χ0) is 45.8. The number of nitrogens with zero attached hydrogens (tertiary/aromatic N) is 5. The van der Waals surface area contributed by atoms with Crippen molar-refractivity contribution in [1.29, 1.82) is 0 Å². The maximum atomic E-state index is 5.58. The summed E-state index contributed by atoms with van der Waals surface area (Å²) in [5, 5.41) is 0. The second-order valence-corrected chi connectivity index (χ2v) is 17.2. The van der Waals surface area contributed by atoms with Gasteiger partial charge in [0, 0.05) is 46.3 Å². The predicted octanol–water partition coefficient (Wildman–Crippen LogP) is 15.5. The number of aromatic nitrogens is 4. The van der Waals surface area contributed by atoms with E-state index in [1.54, 1.807) is 0 Å². The number of hydrogen-bond acceptors (Lipinski definition) is 5. The molecule has 5 heteroatoms. The summed E-state index contributed by atoms with van der Waals surface area (Å²) >= 11 is 0. The summed E-state index contributed by atoms with van der Waals surface area (Å²) in [7, 11) is 0. The summed E-state index contributed by atoms with van der Waals surface area (Å²) in [6, 6.07) is 76.4. The SMILES string of the molecule is Cc1cccc(-c2ccccc2C2N=C(c3ccccc3)C=C(c3ccccc3-c3cccc(-c4cccc(-c5nc(-c6ccccc6)cc(-c6ccccc6)n5)c4)c3-c3ccncc3)C2C)n1. The minimum absolute atomic E-state index is 0.0197. The highest BCUT2D eigenvalue weighted by Crippen LogP contribution is 2.48. The van der Waals surface area contributed by atoms with E-state index in [0.717, 1.165) is 95.2 Å². The van der Waals surface area contributed by atoms with E-state index in [-0.39, 0.29) is 12.0 Å². The molecule has 0 radical (unpaired) electrons. The first-order valence-corrected chi connectivity index (χ1v) is 23.2. The highest BCUT2D eigenvalue weighted by molar-refractivity contribution is 6.14. The Kier molecular flexibility index (Phi) is 11.5. The molecule has 0 amide bonds. The number of aryl methyl sites for hydroxylation is 1. The second-order valence-electron chi connectivity index (χ2n) is 17.2. The Labute approximate surface area is 398 Å². The Morgan fingerprint density at radius 1 is 0.382 bits per heavy atom. The van der Waals surface area contributed by atoms with Gasteiger partial charge in [0.05, 0.1) is 28.8 Å². The number of pyridine rings is 2. The lowest BCUT2D eigenvalue weighted by Crippen LogP contribution is -2.19. The number of benzene rings is 7. The summed E-state index contributed by atoms with van der Waals surface area (Å²) in [6.45, 7) is 4.37. The minimum atomic E-state index is -0.171. The van der Waals surface area contributed by atoms with E-state index in [1.165, 1.54) is 11.1 Å². The van der Waals surface area contributed by atoms with Crippen LogP contribution in [0.5, 0.6) is 0 Å². The highest BCUT2D eigenvalue weighted by atomic mass is 14.9. The van der Waals surface area contributed by atoms with Gasteiger partial charge in [-0.2, -0.15) is 0 Å². The molecule has 3 aromatic heterocycles. The van der Waals surface area contributed by atoms with Crippen molar-refractivity contribution in [3.8, 4) is 78.5 Å². The monoisotopic (exact) mass is 873 g/mol. The molecule has 1 aliphatic heterocycles. The van der Waals surface area contributed by atoms with Crippen LogP contribution in [0, 0.1) is 12.8 Å². The topological polar surface area (TPSA) is 63.9 Å². The quantitative estimate of drug-likeness (QED) is 0.137. The maximum absolute atomic E-state index is 5.58. The Morgan fingerprint density at radius 3 is 1.62 bits per heavy atom. The van der Waals surface area contributed by atoms with Gasteiger partial charge in [-0.15, -0.1) is 0 Å². The Balaban J connectivity index is 1.07. The van der Waals surface area contributed by atoms with Crippen molar-refractivity contribution < 1.29 is 0 Å². The standard InChI is InChI=1S/C63H47N5/c1-42-19-16-34-57(65-42)53-30-14-15-31-55(53)62-43(2)56(40-58(66-62)44-20-6-3-7-21-44)52-29-13-12-28-51(52)54-33-18-32-50(61(54)47-35-37-64-38-36-47)48-26-17-27-49(39-48)63-67-59(45-22-8-4-9-23-45)41-60(68-63)46-24-10-5-11-25-46/h3-41,43,62H,1-2H3. The van der Waals surface area contributed by atoms with Crippen LogP contribution in [0.25, 0.3) is 84.1 Å². The van der Waals surface area contributed by atoms with Gasteiger partial charge in [0.1, 0.15) is 0 Å². The van der Waals surface area contributed by atoms with Gasteiger partial charge in [-0.25, -0.2) is 9.97 Å².